The topological polar surface area (TPSA) is 61.4 Å². The molecule has 2 N–H and O–H groups in total. The number of anilines is 1. The summed E-state index contributed by atoms with van der Waals surface area (Å²) in [7, 11) is 1.96. The fraction of sp³-hybridized carbons (Fsp3) is 0.364. The number of hydrogen-bond acceptors (Lipinski definition) is 3. The third-order valence-corrected chi connectivity index (χ3v) is 5.66. The van der Waals surface area contributed by atoms with Crippen LogP contribution in [0.5, 0.6) is 0 Å². The number of halogens is 1. The molecule has 1 aliphatic carbocycles. The van der Waals surface area contributed by atoms with Crippen LogP contribution < -0.4 is 10.6 Å². The molecule has 0 fully saturated rings. The normalized spacial score (nSPS) is 15.8. The zero-order valence-corrected chi connectivity index (χ0v) is 17.1. The predicted molar refractivity (Wildman–Crippen MR) is 113 cm³/mol. The summed E-state index contributed by atoms with van der Waals surface area (Å²) < 4.78 is 0. The van der Waals surface area contributed by atoms with Crippen LogP contribution in [-0.2, 0) is 16.0 Å². The van der Waals surface area contributed by atoms with E-state index in [1.807, 2.05) is 20.0 Å². The number of likely N-dealkylation sites (N-methyl/N-ethyl adjacent to an activating group) is 1. The maximum absolute atomic E-state index is 12.3. The lowest BCUT2D eigenvalue weighted by Gasteiger charge is -2.32. The van der Waals surface area contributed by atoms with Crippen LogP contribution in [0.3, 0.4) is 0 Å². The molecule has 148 valence electrons. The fourth-order valence-corrected chi connectivity index (χ4v) is 3.87. The molecule has 5 nitrogen and oxygen atoms in total. The highest BCUT2D eigenvalue weighted by Gasteiger charge is 2.24. The lowest BCUT2D eigenvalue weighted by atomic mass is 9.87. The van der Waals surface area contributed by atoms with Gasteiger partial charge in [-0.1, -0.05) is 41.9 Å². The molecule has 0 radical (unpaired) electrons. The van der Waals surface area contributed by atoms with E-state index < -0.39 is 0 Å². The highest BCUT2D eigenvalue weighted by molar-refractivity contribution is 6.31. The van der Waals surface area contributed by atoms with Crippen LogP contribution in [-0.4, -0.2) is 36.9 Å². The third-order valence-electron chi connectivity index (χ3n) is 5.25. The Bertz CT molecular complexity index is 869. The van der Waals surface area contributed by atoms with Gasteiger partial charge in [0.1, 0.15) is 0 Å². The minimum Gasteiger partial charge on any atom is -0.346 e. The maximum Gasteiger partial charge on any atom is 0.243 e. The first-order valence-corrected chi connectivity index (χ1v) is 9.93. The number of nitrogens with zero attached hydrogens (tertiary/aromatic N) is 1. The molecule has 6 heteroatoms. The van der Waals surface area contributed by atoms with Crippen molar-refractivity contribution in [2.45, 2.75) is 32.2 Å². The molecule has 0 saturated carbocycles. The molecule has 2 aromatic rings. The van der Waals surface area contributed by atoms with Gasteiger partial charge >= 0.3 is 0 Å². The molecule has 1 atom stereocenters. The van der Waals surface area contributed by atoms with Crippen LogP contribution in [0.25, 0.3) is 0 Å². The Balaban J connectivity index is 1.50. The van der Waals surface area contributed by atoms with Gasteiger partial charge in [-0.3, -0.25) is 14.5 Å². The van der Waals surface area contributed by atoms with Crippen molar-refractivity contribution < 1.29 is 9.59 Å². The minimum absolute atomic E-state index is 0.0696. The van der Waals surface area contributed by atoms with E-state index in [1.54, 1.807) is 18.2 Å². The smallest absolute Gasteiger partial charge is 0.243 e. The Kier molecular flexibility index (Phi) is 6.70. The van der Waals surface area contributed by atoms with Crippen molar-refractivity contribution >= 4 is 29.1 Å². The summed E-state index contributed by atoms with van der Waals surface area (Å²) in [6.07, 6.45) is 3.25. The van der Waals surface area contributed by atoms with Gasteiger partial charge in [-0.25, -0.2) is 0 Å². The van der Waals surface area contributed by atoms with Gasteiger partial charge in [-0.2, -0.15) is 0 Å². The molecule has 0 saturated heterocycles. The van der Waals surface area contributed by atoms with Crippen LogP contribution in [0.4, 0.5) is 5.69 Å². The van der Waals surface area contributed by atoms with Crippen molar-refractivity contribution in [3.05, 3.63) is 64.2 Å². The van der Waals surface area contributed by atoms with Gasteiger partial charge in [-0.15, -0.1) is 0 Å². The second kappa shape index (κ2) is 9.22. The second-order valence-corrected chi connectivity index (χ2v) is 7.67. The zero-order chi connectivity index (χ0) is 20.1. The molecule has 0 unspecified atom stereocenters. The molecule has 0 bridgehead atoms. The third kappa shape index (κ3) is 4.91. The fourth-order valence-electron chi connectivity index (χ4n) is 3.69. The van der Waals surface area contributed by atoms with E-state index in [9.17, 15) is 9.59 Å². The standard InChI is InChI=1S/C22H26ClN3O2/c1-15-18(23)10-6-11-19(15)25-21(27)13-24-22(28)14-26(2)20-12-5-8-16-7-3-4-9-17(16)20/h3-4,6-7,9-11,20H,5,8,12-14H2,1-2H3,(H,24,28)(H,25,27)/t20-/m1/s1. The molecule has 0 heterocycles. The number of nitrogens with one attached hydrogen (secondary N) is 2. The van der Waals surface area contributed by atoms with E-state index in [-0.39, 0.29) is 30.9 Å². The van der Waals surface area contributed by atoms with Crippen LogP contribution in [0.2, 0.25) is 5.02 Å². The number of carbonyl (C=O) groups excluding carboxylic acids is 2. The van der Waals surface area contributed by atoms with Gasteiger partial charge in [0.15, 0.2) is 0 Å². The highest BCUT2D eigenvalue weighted by atomic mass is 35.5. The van der Waals surface area contributed by atoms with E-state index in [2.05, 4.69) is 33.7 Å². The Labute approximate surface area is 171 Å². The molecule has 2 aromatic carbocycles. The molecule has 1 aliphatic rings. The van der Waals surface area contributed by atoms with Crippen LogP contribution in [0.15, 0.2) is 42.5 Å². The average Bonchev–Trinajstić information content (AvgIpc) is 2.69. The Morgan fingerprint density at radius 3 is 2.75 bits per heavy atom. The summed E-state index contributed by atoms with van der Waals surface area (Å²) >= 11 is 6.07. The second-order valence-electron chi connectivity index (χ2n) is 7.26. The van der Waals surface area contributed by atoms with Gasteiger partial charge in [0.05, 0.1) is 13.1 Å². The van der Waals surface area contributed by atoms with Crippen LogP contribution in [0.1, 0.15) is 35.6 Å². The van der Waals surface area contributed by atoms with Gasteiger partial charge in [-0.05, 0) is 62.1 Å². The first-order chi connectivity index (χ1) is 13.5. The van der Waals surface area contributed by atoms with Crippen molar-refractivity contribution in [1.29, 1.82) is 0 Å². The van der Waals surface area contributed by atoms with E-state index in [0.717, 1.165) is 24.8 Å². The zero-order valence-electron chi connectivity index (χ0n) is 16.3. The van der Waals surface area contributed by atoms with E-state index >= 15 is 0 Å². The Morgan fingerprint density at radius 2 is 1.93 bits per heavy atom. The van der Waals surface area contributed by atoms with Gasteiger partial charge < -0.3 is 10.6 Å². The summed E-state index contributed by atoms with van der Waals surface area (Å²) in [6, 6.07) is 14.0. The molecule has 3 rings (SSSR count). The van der Waals surface area contributed by atoms with Crippen molar-refractivity contribution in [2.24, 2.45) is 0 Å². The SMILES string of the molecule is Cc1c(Cl)cccc1NC(=O)CNC(=O)CN(C)[C@@H]1CCCc2ccccc21. The molecule has 0 aliphatic heterocycles. The van der Waals surface area contributed by atoms with E-state index in [4.69, 9.17) is 11.6 Å². The van der Waals surface area contributed by atoms with Gasteiger partial charge in [0.25, 0.3) is 0 Å². The number of rotatable bonds is 6. The van der Waals surface area contributed by atoms with E-state index in [0.29, 0.717) is 10.7 Å². The van der Waals surface area contributed by atoms with Crippen molar-refractivity contribution in [3.63, 3.8) is 0 Å². The first-order valence-electron chi connectivity index (χ1n) is 9.55. The van der Waals surface area contributed by atoms with Gasteiger partial charge in [0.2, 0.25) is 11.8 Å². The molecule has 28 heavy (non-hydrogen) atoms. The summed E-state index contributed by atoms with van der Waals surface area (Å²) in [5.41, 5.74) is 4.13. The van der Waals surface area contributed by atoms with Crippen LogP contribution >= 0.6 is 11.6 Å². The maximum atomic E-state index is 12.3. The highest BCUT2D eigenvalue weighted by Crippen LogP contribution is 2.33. The van der Waals surface area contributed by atoms with Crippen molar-refractivity contribution in [2.75, 3.05) is 25.5 Å². The summed E-state index contributed by atoms with van der Waals surface area (Å²) in [6.45, 7) is 2.02. The number of hydrogen-bond donors (Lipinski definition) is 2. The number of benzene rings is 2. The molecule has 0 spiro atoms. The largest absolute Gasteiger partial charge is 0.346 e. The predicted octanol–water partition coefficient (Wildman–Crippen LogP) is 3.71. The average molecular weight is 400 g/mol. The van der Waals surface area contributed by atoms with Crippen molar-refractivity contribution in [1.82, 2.24) is 10.2 Å². The van der Waals surface area contributed by atoms with Gasteiger partial charge in [0, 0.05) is 16.8 Å². The number of aryl methyl sites for hydroxylation is 1. The number of amides is 2. The Hall–Kier alpha value is -2.37. The summed E-state index contributed by atoms with van der Waals surface area (Å²) in [5.74, 6) is -0.437. The molecule has 0 aromatic heterocycles. The van der Waals surface area contributed by atoms with E-state index in [1.165, 1.54) is 11.1 Å². The van der Waals surface area contributed by atoms with Crippen molar-refractivity contribution in [3.8, 4) is 0 Å². The quantitative estimate of drug-likeness (QED) is 0.778. The summed E-state index contributed by atoms with van der Waals surface area (Å²) in [5, 5.41) is 6.08. The molecule has 2 amide bonds. The Morgan fingerprint density at radius 1 is 1.14 bits per heavy atom. The summed E-state index contributed by atoms with van der Waals surface area (Å²) in [4.78, 5) is 26.5. The first kappa shape index (κ1) is 20.4. The van der Waals surface area contributed by atoms with Crippen LogP contribution in [0, 0.1) is 6.92 Å². The minimum atomic E-state index is -0.274. The number of fused-ring (bicyclic) bond motifs is 1. The molecular formula is C22H26ClN3O2. The molecular weight excluding hydrogens is 374 g/mol. The monoisotopic (exact) mass is 399 g/mol. The lowest BCUT2D eigenvalue weighted by molar-refractivity contribution is -0.125. The lowest BCUT2D eigenvalue weighted by Crippen LogP contribution is -2.41. The number of carbonyl (C=O) groups is 2.